The lowest BCUT2D eigenvalue weighted by atomic mass is 9.98. The predicted molar refractivity (Wildman–Crippen MR) is 145 cm³/mol. The number of nitrogens with two attached hydrogens (primary N) is 1. The number of nitrogens with zero attached hydrogens (tertiary/aromatic N) is 6. The molecule has 2 aromatic heterocycles. The molecule has 5 rings (SSSR count). The van der Waals surface area contributed by atoms with E-state index in [4.69, 9.17) is 27.4 Å². The first-order valence-corrected chi connectivity index (χ1v) is 14.7. The summed E-state index contributed by atoms with van der Waals surface area (Å²) in [6, 6.07) is 8.13. The molecule has 2 fully saturated rings. The van der Waals surface area contributed by atoms with Crippen LogP contribution in [0.2, 0.25) is 5.02 Å². The van der Waals surface area contributed by atoms with Crippen molar-refractivity contribution in [2.45, 2.75) is 38.3 Å². The number of carbonyl (C=O) groups is 1. The second-order valence-corrected chi connectivity index (χ2v) is 12.2. The molecule has 38 heavy (non-hydrogen) atoms. The molecule has 2 unspecified atom stereocenters. The van der Waals surface area contributed by atoms with Crippen molar-refractivity contribution in [2.75, 3.05) is 35.5 Å². The number of amides is 1. The SMILES string of the molecule is Cc1cn2nc([C@@H]3CCCCN3C(=O)c3cc(Cl)ccc3NS(C)(=O)=O)cc2nc1N1CC(N)C(C#N)C1. The van der Waals surface area contributed by atoms with Gasteiger partial charge in [-0.25, -0.2) is 17.9 Å². The Kier molecular flexibility index (Phi) is 6.94. The molecule has 0 aliphatic carbocycles. The number of hydrogen-bond acceptors (Lipinski definition) is 8. The number of anilines is 2. The molecular formula is C25H29ClN8O3S. The lowest BCUT2D eigenvalue weighted by molar-refractivity contribution is 0.0607. The number of piperidine rings is 1. The van der Waals surface area contributed by atoms with E-state index in [0.29, 0.717) is 42.4 Å². The number of aromatic nitrogens is 3. The summed E-state index contributed by atoms with van der Waals surface area (Å²) in [6.45, 7) is 3.52. The van der Waals surface area contributed by atoms with Crippen molar-refractivity contribution < 1.29 is 13.2 Å². The van der Waals surface area contributed by atoms with Crippen LogP contribution in [0.4, 0.5) is 11.5 Å². The van der Waals surface area contributed by atoms with Gasteiger partial charge >= 0.3 is 0 Å². The van der Waals surface area contributed by atoms with Crippen LogP contribution in [0.15, 0.2) is 30.5 Å². The van der Waals surface area contributed by atoms with Gasteiger partial charge in [0, 0.05) is 48.5 Å². The minimum Gasteiger partial charge on any atom is -0.353 e. The Morgan fingerprint density at radius 2 is 2.05 bits per heavy atom. The molecule has 2 aliphatic heterocycles. The van der Waals surface area contributed by atoms with Gasteiger partial charge in [-0.3, -0.25) is 9.52 Å². The normalized spacial score (nSPS) is 22.0. The smallest absolute Gasteiger partial charge is 0.256 e. The fraction of sp³-hybridized carbons (Fsp3) is 0.440. The molecule has 0 spiro atoms. The third-order valence-corrected chi connectivity index (χ3v) is 7.89. The van der Waals surface area contributed by atoms with Gasteiger partial charge in [-0.05, 0) is 44.4 Å². The van der Waals surface area contributed by atoms with Crippen LogP contribution in [-0.2, 0) is 10.0 Å². The second-order valence-electron chi connectivity index (χ2n) is 10.00. The maximum Gasteiger partial charge on any atom is 0.256 e. The number of likely N-dealkylation sites (tertiary alicyclic amines) is 1. The maximum atomic E-state index is 13.8. The topological polar surface area (TPSA) is 150 Å². The number of aryl methyl sites for hydroxylation is 1. The summed E-state index contributed by atoms with van der Waals surface area (Å²) in [6.07, 6.45) is 5.39. The molecule has 3 atom stereocenters. The fourth-order valence-corrected chi connectivity index (χ4v) is 6.01. The summed E-state index contributed by atoms with van der Waals surface area (Å²) in [7, 11) is -3.60. The van der Waals surface area contributed by atoms with Gasteiger partial charge in [0.05, 0.1) is 41.2 Å². The number of fused-ring (bicyclic) bond motifs is 1. The first-order chi connectivity index (χ1) is 18.0. The largest absolute Gasteiger partial charge is 0.353 e. The molecule has 2 saturated heterocycles. The summed E-state index contributed by atoms with van der Waals surface area (Å²) in [5.41, 5.74) is 8.75. The zero-order valence-corrected chi connectivity index (χ0v) is 22.7. The van der Waals surface area contributed by atoms with E-state index in [1.807, 2.05) is 24.1 Å². The van der Waals surface area contributed by atoms with Gasteiger partial charge in [-0.2, -0.15) is 10.4 Å². The second kappa shape index (κ2) is 10.1. The van der Waals surface area contributed by atoms with Crippen molar-refractivity contribution in [3.05, 3.63) is 52.3 Å². The van der Waals surface area contributed by atoms with Crippen LogP contribution in [0, 0.1) is 24.2 Å². The lowest BCUT2D eigenvalue weighted by Crippen LogP contribution is -2.39. The molecule has 2 aliphatic rings. The summed E-state index contributed by atoms with van der Waals surface area (Å²) >= 11 is 6.19. The van der Waals surface area contributed by atoms with Crippen LogP contribution in [0.3, 0.4) is 0 Å². The fourth-order valence-electron chi connectivity index (χ4n) is 5.26. The summed E-state index contributed by atoms with van der Waals surface area (Å²) in [5, 5.41) is 14.5. The molecule has 0 saturated carbocycles. The molecule has 1 amide bonds. The van der Waals surface area contributed by atoms with E-state index in [-0.39, 0.29) is 35.2 Å². The minimum absolute atomic E-state index is 0.183. The molecule has 3 aromatic rings. The van der Waals surface area contributed by atoms with E-state index in [1.165, 1.54) is 12.1 Å². The average molecular weight is 557 g/mol. The minimum atomic E-state index is -3.60. The van der Waals surface area contributed by atoms with E-state index in [1.54, 1.807) is 15.5 Å². The van der Waals surface area contributed by atoms with E-state index in [9.17, 15) is 18.5 Å². The van der Waals surface area contributed by atoms with E-state index < -0.39 is 10.0 Å². The molecule has 200 valence electrons. The Balaban J connectivity index is 1.48. The van der Waals surface area contributed by atoms with Crippen molar-refractivity contribution in [2.24, 2.45) is 11.7 Å². The Hall–Kier alpha value is -3.40. The molecule has 3 N–H and O–H groups in total. The number of benzene rings is 1. The highest BCUT2D eigenvalue weighted by molar-refractivity contribution is 7.92. The third kappa shape index (κ3) is 5.14. The van der Waals surface area contributed by atoms with Gasteiger partial charge in [0.25, 0.3) is 5.91 Å². The standard InChI is InChI=1S/C25H29ClN8O3S/c1-15-12-34-23(29-24(15)32-13-16(11-27)19(28)14-32)10-21(30-34)22-5-3-4-8-33(22)25(35)18-9-17(26)6-7-20(18)31-38(2,36)37/h6-7,9-10,12,16,19,22,31H,3-5,8,13-14,28H2,1-2H3/t16?,19?,22-/m0/s1. The predicted octanol–water partition coefficient (Wildman–Crippen LogP) is 2.72. The van der Waals surface area contributed by atoms with E-state index in [2.05, 4.69) is 10.8 Å². The molecule has 4 heterocycles. The Bertz CT molecular complexity index is 1550. The first kappa shape index (κ1) is 26.2. The highest BCUT2D eigenvalue weighted by atomic mass is 35.5. The maximum absolute atomic E-state index is 13.8. The van der Waals surface area contributed by atoms with Crippen molar-refractivity contribution in [3.8, 4) is 6.07 Å². The van der Waals surface area contributed by atoms with Gasteiger partial charge < -0.3 is 15.5 Å². The van der Waals surface area contributed by atoms with E-state index in [0.717, 1.165) is 30.5 Å². The van der Waals surface area contributed by atoms with Crippen LogP contribution in [0.1, 0.15) is 46.9 Å². The number of nitriles is 1. The lowest BCUT2D eigenvalue weighted by Gasteiger charge is -2.35. The number of rotatable bonds is 5. The van der Waals surface area contributed by atoms with Crippen molar-refractivity contribution in [1.29, 1.82) is 5.26 Å². The number of carbonyl (C=O) groups excluding carboxylic acids is 1. The zero-order chi connectivity index (χ0) is 27.2. The third-order valence-electron chi connectivity index (χ3n) is 7.07. The molecule has 1 aromatic carbocycles. The average Bonchev–Trinajstić information content (AvgIpc) is 3.45. The van der Waals surface area contributed by atoms with Crippen LogP contribution < -0.4 is 15.4 Å². The molecule has 13 heteroatoms. The van der Waals surface area contributed by atoms with Crippen LogP contribution in [0.5, 0.6) is 0 Å². The molecule has 0 radical (unpaired) electrons. The summed E-state index contributed by atoms with van der Waals surface area (Å²) in [4.78, 5) is 22.4. The quantitative estimate of drug-likeness (QED) is 0.487. The highest BCUT2D eigenvalue weighted by Crippen LogP contribution is 2.34. The Morgan fingerprint density at radius 3 is 2.76 bits per heavy atom. The molecule has 11 nitrogen and oxygen atoms in total. The number of nitrogens with one attached hydrogen (secondary N) is 1. The van der Waals surface area contributed by atoms with Crippen molar-refractivity contribution in [1.82, 2.24) is 19.5 Å². The van der Waals surface area contributed by atoms with Crippen molar-refractivity contribution in [3.63, 3.8) is 0 Å². The Labute approximate surface area is 226 Å². The number of sulfonamides is 1. The van der Waals surface area contributed by atoms with Crippen LogP contribution in [0.25, 0.3) is 5.65 Å². The monoisotopic (exact) mass is 556 g/mol. The zero-order valence-electron chi connectivity index (χ0n) is 21.1. The van der Waals surface area contributed by atoms with Crippen LogP contribution >= 0.6 is 11.6 Å². The summed E-state index contributed by atoms with van der Waals surface area (Å²) < 4.78 is 28.0. The van der Waals surface area contributed by atoms with Crippen LogP contribution in [-0.4, -0.2) is 65.8 Å². The van der Waals surface area contributed by atoms with Gasteiger partial charge in [-0.15, -0.1) is 0 Å². The van der Waals surface area contributed by atoms with Crippen molar-refractivity contribution >= 4 is 44.7 Å². The Morgan fingerprint density at radius 1 is 1.26 bits per heavy atom. The van der Waals surface area contributed by atoms with E-state index >= 15 is 0 Å². The van der Waals surface area contributed by atoms with Gasteiger partial charge in [0.2, 0.25) is 10.0 Å². The van der Waals surface area contributed by atoms with Gasteiger partial charge in [-0.1, -0.05) is 11.6 Å². The first-order valence-electron chi connectivity index (χ1n) is 12.4. The molecule has 0 bridgehead atoms. The molecular weight excluding hydrogens is 528 g/mol. The van der Waals surface area contributed by atoms with Gasteiger partial charge in [0.1, 0.15) is 5.82 Å². The number of halogens is 1. The van der Waals surface area contributed by atoms with Gasteiger partial charge in [0.15, 0.2) is 5.65 Å². The highest BCUT2D eigenvalue weighted by Gasteiger charge is 2.34. The summed E-state index contributed by atoms with van der Waals surface area (Å²) in [5.74, 6) is 0.200. The number of hydrogen-bond donors (Lipinski definition) is 2.